The van der Waals surface area contributed by atoms with Crippen molar-refractivity contribution >= 4 is 29.1 Å². The fourth-order valence-electron chi connectivity index (χ4n) is 1.98. The van der Waals surface area contributed by atoms with Gasteiger partial charge in [-0.2, -0.15) is 0 Å². The molecule has 3 heterocycles. The fraction of sp³-hybridized carbons (Fsp3) is 0.231. The molecule has 0 aliphatic carbocycles. The number of thiophene rings is 1. The maximum absolute atomic E-state index is 12.0. The molecule has 2 aromatic rings. The van der Waals surface area contributed by atoms with Crippen LogP contribution in [0, 0.1) is 0 Å². The maximum atomic E-state index is 12.0. The summed E-state index contributed by atoms with van der Waals surface area (Å²) in [6, 6.07) is 4.52. The molecule has 8 heteroatoms. The second-order valence-corrected chi connectivity index (χ2v) is 5.48. The smallest absolute Gasteiger partial charge is 0.274 e. The minimum atomic E-state index is -0.725. The number of carbonyl (C=O) groups is 3. The van der Waals surface area contributed by atoms with Gasteiger partial charge < -0.3 is 9.84 Å². The molecule has 7 nitrogen and oxygen atoms in total. The second-order valence-electron chi connectivity index (χ2n) is 4.53. The van der Waals surface area contributed by atoms with Crippen LogP contribution in [0.4, 0.5) is 0 Å². The Balaban J connectivity index is 1.68. The summed E-state index contributed by atoms with van der Waals surface area (Å²) in [5.41, 5.74) is 0.100. The largest absolute Gasteiger partial charge is 0.355 e. The zero-order valence-electron chi connectivity index (χ0n) is 10.8. The Morgan fingerprint density at radius 3 is 3.05 bits per heavy atom. The first kappa shape index (κ1) is 13.5. The molecule has 0 bridgehead atoms. The summed E-state index contributed by atoms with van der Waals surface area (Å²) < 4.78 is 5.11. The molecule has 108 valence electrons. The predicted octanol–water partition coefficient (Wildman–Crippen LogP) is 0.938. The van der Waals surface area contributed by atoms with E-state index in [1.54, 1.807) is 0 Å². The first-order valence-corrected chi connectivity index (χ1v) is 7.16. The van der Waals surface area contributed by atoms with Crippen molar-refractivity contribution in [1.82, 2.24) is 15.8 Å². The molecule has 0 spiro atoms. The molecule has 2 aromatic heterocycles. The third kappa shape index (κ3) is 2.84. The number of nitrogens with zero attached hydrogens (tertiary/aromatic N) is 1. The molecule has 3 amide bonds. The van der Waals surface area contributed by atoms with E-state index in [4.69, 9.17) is 4.52 Å². The van der Waals surface area contributed by atoms with Crippen LogP contribution in [-0.4, -0.2) is 28.9 Å². The summed E-state index contributed by atoms with van der Waals surface area (Å²) in [5, 5.41) is 10.3. The highest BCUT2D eigenvalue weighted by atomic mass is 32.1. The van der Waals surface area contributed by atoms with E-state index in [0.29, 0.717) is 5.76 Å². The van der Waals surface area contributed by atoms with Gasteiger partial charge in [-0.25, -0.2) is 0 Å². The molecule has 1 atom stereocenters. The molecule has 0 aromatic carbocycles. The van der Waals surface area contributed by atoms with Crippen LogP contribution in [0.3, 0.4) is 0 Å². The number of carbonyl (C=O) groups excluding carboxylic acids is 3. The fourth-order valence-corrected chi connectivity index (χ4v) is 2.65. The van der Waals surface area contributed by atoms with Gasteiger partial charge in [0.2, 0.25) is 11.8 Å². The molecule has 1 aliphatic heterocycles. The number of imide groups is 1. The highest BCUT2D eigenvalue weighted by Crippen LogP contribution is 2.25. The van der Waals surface area contributed by atoms with Crippen LogP contribution < -0.4 is 10.6 Å². The summed E-state index contributed by atoms with van der Waals surface area (Å²) in [7, 11) is 0. The van der Waals surface area contributed by atoms with Gasteiger partial charge >= 0.3 is 0 Å². The highest BCUT2D eigenvalue weighted by Gasteiger charge is 2.28. The summed E-state index contributed by atoms with van der Waals surface area (Å²) in [5.74, 6) is -0.831. The van der Waals surface area contributed by atoms with Gasteiger partial charge in [-0.05, 0) is 17.9 Å². The second kappa shape index (κ2) is 5.49. The first-order chi connectivity index (χ1) is 10.1. The lowest BCUT2D eigenvalue weighted by Crippen LogP contribution is -2.52. The van der Waals surface area contributed by atoms with E-state index in [9.17, 15) is 14.4 Å². The van der Waals surface area contributed by atoms with Crippen molar-refractivity contribution in [3.8, 4) is 10.6 Å². The normalized spacial score (nSPS) is 18.4. The number of hydrogen-bond acceptors (Lipinski definition) is 6. The van der Waals surface area contributed by atoms with Gasteiger partial charge in [0.15, 0.2) is 11.5 Å². The lowest BCUT2D eigenvalue weighted by atomic mass is 10.1. The van der Waals surface area contributed by atoms with Crippen molar-refractivity contribution in [3.05, 3.63) is 29.3 Å². The topological polar surface area (TPSA) is 101 Å². The quantitative estimate of drug-likeness (QED) is 0.822. The lowest BCUT2D eigenvalue weighted by molar-refractivity contribution is -0.134. The molecule has 1 unspecified atom stereocenters. The SMILES string of the molecule is O=C1CCC(NC(=O)c2cc(-c3cccs3)on2)C(=O)N1. The van der Waals surface area contributed by atoms with E-state index in [-0.39, 0.29) is 24.4 Å². The number of amides is 3. The number of piperidine rings is 1. The van der Waals surface area contributed by atoms with E-state index < -0.39 is 17.9 Å². The van der Waals surface area contributed by atoms with Crippen LogP contribution >= 0.6 is 11.3 Å². The van der Waals surface area contributed by atoms with Gasteiger partial charge in [-0.3, -0.25) is 19.7 Å². The van der Waals surface area contributed by atoms with Gasteiger partial charge in [0.05, 0.1) is 4.88 Å². The maximum Gasteiger partial charge on any atom is 0.274 e. The van der Waals surface area contributed by atoms with E-state index in [2.05, 4.69) is 15.8 Å². The molecule has 21 heavy (non-hydrogen) atoms. The Morgan fingerprint density at radius 1 is 1.48 bits per heavy atom. The Hall–Kier alpha value is -2.48. The molecule has 1 fully saturated rings. The lowest BCUT2D eigenvalue weighted by Gasteiger charge is -2.21. The van der Waals surface area contributed by atoms with Crippen molar-refractivity contribution in [2.45, 2.75) is 18.9 Å². The highest BCUT2D eigenvalue weighted by molar-refractivity contribution is 7.13. The molecular weight excluding hydrogens is 294 g/mol. The number of rotatable bonds is 3. The average Bonchev–Trinajstić information content (AvgIpc) is 3.10. The van der Waals surface area contributed by atoms with Gasteiger partial charge in [-0.1, -0.05) is 11.2 Å². The predicted molar refractivity (Wildman–Crippen MR) is 73.5 cm³/mol. The molecule has 3 rings (SSSR count). The van der Waals surface area contributed by atoms with Crippen LogP contribution in [0.15, 0.2) is 28.1 Å². The zero-order chi connectivity index (χ0) is 14.8. The molecule has 1 aliphatic rings. The number of aromatic nitrogens is 1. The van der Waals surface area contributed by atoms with Crippen molar-refractivity contribution in [2.24, 2.45) is 0 Å². The van der Waals surface area contributed by atoms with Crippen molar-refractivity contribution in [1.29, 1.82) is 0 Å². The Bertz CT molecular complexity index is 692. The monoisotopic (exact) mass is 305 g/mol. The standard InChI is InChI=1S/C13H11N3O4S/c17-11-4-3-7(12(18)15-11)14-13(19)8-6-9(20-16-8)10-2-1-5-21-10/h1-2,5-7H,3-4H2,(H,14,19)(H,15,17,18). The van der Waals surface area contributed by atoms with Crippen molar-refractivity contribution in [3.63, 3.8) is 0 Å². The summed E-state index contributed by atoms with van der Waals surface area (Å²) >= 11 is 1.47. The van der Waals surface area contributed by atoms with Gasteiger partial charge in [0.25, 0.3) is 5.91 Å². The summed E-state index contributed by atoms with van der Waals surface area (Å²) in [6.45, 7) is 0. The van der Waals surface area contributed by atoms with Crippen LogP contribution in [0.1, 0.15) is 23.3 Å². The Morgan fingerprint density at radius 2 is 2.33 bits per heavy atom. The number of nitrogens with one attached hydrogen (secondary N) is 2. The van der Waals surface area contributed by atoms with Crippen molar-refractivity contribution < 1.29 is 18.9 Å². The van der Waals surface area contributed by atoms with Crippen molar-refractivity contribution in [2.75, 3.05) is 0 Å². The van der Waals surface area contributed by atoms with Crippen LogP contribution in [0.2, 0.25) is 0 Å². The van der Waals surface area contributed by atoms with E-state index in [1.165, 1.54) is 17.4 Å². The van der Waals surface area contributed by atoms with E-state index >= 15 is 0 Å². The molecule has 2 N–H and O–H groups in total. The van der Waals surface area contributed by atoms with E-state index in [1.807, 2.05) is 17.5 Å². The van der Waals surface area contributed by atoms with Gasteiger partial charge in [-0.15, -0.1) is 11.3 Å². The van der Waals surface area contributed by atoms with Crippen LogP contribution in [0.25, 0.3) is 10.6 Å². The average molecular weight is 305 g/mol. The third-order valence-electron chi connectivity index (χ3n) is 3.05. The number of hydrogen-bond donors (Lipinski definition) is 2. The van der Waals surface area contributed by atoms with Gasteiger partial charge in [0, 0.05) is 12.5 Å². The third-order valence-corrected chi connectivity index (χ3v) is 3.94. The molecule has 0 radical (unpaired) electrons. The van der Waals surface area contributed by atoms with Crippen LogP contribution in [0.5, 0.6) is 0 Å². The zero-order valence-corrected chi connectivity index (χ0v) is 11.6. The molecule has 0 saturated carbocycles. The Labute approximate surface area is 123 Å². The minimum Gasteiger partial charge on any atom is -0.355 e. The first-order valence-electron chi connectivity index (χ1n) is 6.28. The summed E-state index contributed by atoms with van der Waals surface area (Å²) in [6.07, 6.45) is 0.488. The molecular formula is C13H11N3O4S. The van der Waals surface area contributed by atoms with Gasteiger partial charge in [0.1, 0.15) is 6.04 Å². The van der Waals surface area contributed by atoms with E-state index in [0.717, 1.165) is 4.88 Å². The van der Waals surface area contributed by atoms with Crippen LogP contribution in [-0.2, 0) is 9.59 Å². The Kier molecular flexibility index (Phi) is 3.53. The minimum absolute atomic E-state index is 0.100. The summed E-state index contributed by atoms with van der Waals surface area (Å²) in [4.78, 5) is 35.5. The molecule has 1 saturated heterocycles.